The summed E-state index contributed by atoms with van der Waals surface area (Å²) >= 11 is 0. The van der Waals surface area contributed by atoms with Crippen LogP contribution in [0.5, 0.6) is 0 Å². The van der Waals surface area contributed by atoms with E-state index >= 15 is 0 Å². The summed E-state index contributed by atoms with van der Waals surface area (Å²) in [5, 5.41) is 23.0. The molecule has 0 spiro atoms. The van der Waals surface area contributed by atoms with Crippen molar-refractivity contribution in [3.05, 3.63) is 35.4 Å². The van der Waals surface area contributed by atoms with Gasteiger partial charge < -0.3 is 25.2 Å². The summed E-state index contributed by atoms with van der Waals surface area (Å²) in [6.07, 6.45) is -3.11. The second-order valence-corrected chi connectivity index (χ2v) is 7.54. The van der Waals surface area contributed by atoms with E-state index in [-0.39, 0.29) is 19.5 Å². The minimum Gasteiger partial charge on any atom is -0.444 e. The molecule has 0 aromatic heterocycles. The van der Waals surface area contributed by atoms with Crippen molar-refractivity contribution in [3.8, 4) is 0 Å². The Morgan fingerprint density at radius 2 is 1.89 bits per heavy atom. The van der Waals surface area contributed by atoms with Crippen LogP contribution in [-0.4, -0.2) is 64.1 Å². The predicted molar refractivity (Wildman–Crippen MR) is 92.0 cm³/mol. The van der Waals surface area contributed by atoms with Gasteiger partial charge in [0.05, 0.1) is 23.8 Å². The van der Waals surface area contributed by atoms with Gasteiger partial charge in [0.1, 0.15) is 17.2 Å². The number of likely N-dealkylation sites (tertiary alicyclic amines) is 1. The Morgan fingerprint density at radius 1 is 1.22 bits per heavy atom. The van der Waals surface area contributed by atoms with E-state index in [1.54, 1.807) is 20.8 Å². The number of amides is 2. The van der Waals surface area contributed by atoms with Crippen molar-refractivity contribution in [3.63, 3.8) is 0 Å². The lowest BCUT2D eigenvalue weighted by molar-refractivity contribution is 0.0382. The Bertz CT molecular complexity index is 707. The molecule has 1 aliphatic rings. The fraction of sp³-hybridized carbons (Fsp3) is 0.556. The van der Waals surface area contributed by atoms with E-state index in [9.17, 15) is 28.6 Å². The van der Waals surface area contributed by atoms with Crippen molar-refractivity contribution < 1.29 is 33.3 Å². The normalized spacial score (nSPS) is 23.5. The van der Waals surface area contributed by atoms with Gasteiger partial charge in [0.15, 0.2) is 0 Å². The highest BCUT2D eigenvalue weighted by Crippen LogP contribution is 2.18. The van der Waals surface area contributed by atoms with Gasteiger partial charge in [-0.3, -0.25) is 4.79 Å². The number of aliphatic hydroxyl groups is 2. The van der Waals surface area contributed by atoms with Crippen LogP contribution in [-0.2, 0) is 4.74 Å². The fourth-order valence-corrected chi connectivity index (χ4v) is 2.82. The maximum absolute atomic E-state index is 13.9. The van der Waals surface area contributed by atoms with Crippen molar-refractivity contribution in [2.45, 2.75) is 51.0 Å². The largest absolute Gasteiger partial charge is 0.444 e. The third-order valence-electron chi connectivity index (χ3n) is 3.98. The average Bonchev–Trinajstić information content (AvgIpc) is 2.66. The zero-order valence-electron chi connectivity index (χ0n) is 15.4. The number of alkyl carbamates (subject to hydrolysis) is 1. The summed E-state index contributed by atoms with van der Waals surface area (Å²) in [5.74, 6) is -2.54. The van der Waals surface area contributed by atoms with Gasteiger partial charge in [-0.1, -0.05) is 0 Å². The Hall–Kier alpha value is -2.26. The third-order valence-corrected chi connectivity index (χ3v) is 3.98. The zero-order chi connectivity index (χ0) is 20.4. The lowest BCUT2D eigenvalue weighted by atomic mass is 10.1. The van der Waals surface area contributed by atoms with Gasteiger partial charge in [-0.2, -0.15) is 0 Å². The lowest BCUT2D eigenvalue weighted by Crippen LogP contribution is -2.48. The molecule has 150 valence electrons. The molecule has 0 radical (unpaired) electrons. The van der Waals surface area contributed by atoms with E-state index in [4.69, 9.17) is 4.74 Å². The van der Waals surface area contributed by atoms with Gasteiger partial charge in [-0.15, -0.1) is 0 Å². The first-order valence-electron chi connectivity index (χ1n) is 8.56. The first kappa shape index (κ1) is 21.0. The first-order chi connectivity index (χ1) is 12.5. The van der Waals surface area contributed by atoms with Crippen molar-refractivity contribution in [1.82, 2.24) is 10.2 Å². The van der Waals surface area contributed by atoms with Crippen LogP contribution in [0.3, 0.4) is 0 Å². The number of hydrogen-bond acceptors (Lipinski definition) is 5. The fourth-order valence-electron chi connectivity index (χ4n) is 2.82. The average molecular weight is 386 g/mol. The molecule has 0 aliphatic carbocycles. The summed E-state index contributed by atoms with van der Waals surface area (Å²) in [4.78, 5) is 25.5. The topological polar surface area (TPSA) is 99.1 Å². The van der Waals surface area contributed by atoms with E-state index < -0.39 is 53.0 Å². The van der Waals surface area contributed by atoms with E-state index in [2.05, 4.69) is 5.32 Å². The molecule has 0 saturated carbocycles. The maximum atomic E-state index is 13.9. The second kappa shape index (κ2) is 8.18. The molecule has 0 bridgehead atoms. The van der Waals surface area contributed by atoms with Crippen LogP contribution in [0.4, 0.5) is 13.6 Å². The summed E-state index contributed by atoms with van der Waals surface area (Å²) in [6.45, 7) is 4.57. The van der Waals surface area contributed by atoms with Crippen molar-refractivity contribution in [2.75, 3.05) is 13.1 Å². The smallest absolute Gasteiger partial charge is 0.407 e. The zero-order valence-corrected chi connectivity index (χ0v) is 15.4. The highest BCUT2D eigenvalue weighted by molar-refractivity contribution is 5.94. The number of nitrogens with zero attached hydrogens (tertiary/aromatic N) is 1. The highest BCUT2D eigenvalue weighted by atomic mass is 19.1. The van der Waals surface area contributed by atoms with Gasteiger partial charge in [0.25, 0.3) is 5.91 Å². The van der Waals surface area contributed by atoms with Crippen molar-refractivity contribution >= 4 is 12.0 Å². The number of nitrogens with one attached hydrogen (secondary N) is 1. The molecule has 1 heterocycles. The Morgan fingerprint density at radius 3 is 2.52 bits per heavy atom. The highest BCUT2D eigenvalue weighted by Gasteiger charge is 2.34. The quantitative estimate of drug-likeness (QED) is 0.714. The molecular weight excluding hydrogens is 362 g/mol. The van der Waals surface area contributed by atoms with Gasteiger partial charge in [0.2, 0.25) is 0 Å². The number of ether oxygens (including phenoxy) is 1. The number of carbonyl (C=O) groups excluding carboxylic acids is 2. The van der Waals surface area contributed by atoms with E-state index in [1.807, 2.05) is 0 Å². The molecule has 3 atom stereocenters. The molecule has 27 heavy (non-hydrogen) atoms. The van der Waals surface area contributed by atoms with E-state index in [0.717, 1.165) is 23.1 Å². The molecule has 1 aliphatic heterocycles. The Labute approximate surface area is 155 Å². The van der Waals surface area contributed by atoms with Crippen LogP contribution in [0.1, 0.15) is 37.6 Å². The standard InChI is InChI=1S/C18H24F2N2O5/c1-18(2,3)27-17(26)21-14-7-11(23)8-22(9-15(14)24)16(25)12-6-10(19)4-5-13(12)20/h4-6,11,14-15,23-24H,7-9H2,1-3H3,(H,21,26)/t11-,14-,15-/m1/s1. The molecule has 1 fully saturated rings. The molecular formula is C18H24F2N2O5. The van der Waals surface area contributed by atoms with Crippen LogP contribution >= 0.6 is 0 Å². The van der Waals surface area contributed by atoms with E-state index in [0.29, 0.717) is 0 Å². The molecule has 1 aromatic rings. The minimum atomic E-state index is -1.23. The molecule has 2 rings (SSSR count). The van der Waals surface area contributed by atoms with Crippen LogP contribution in [0, 0.1) is 11.6 Å². The molecule has 0 unspecified atom stereocenters. The lowest BCUT2D eigenvalue weighted by Gasteiger charge is -2.27. The molecule has 1 saturated heterocycles. The van der Waals surface area contributed by atoms with Crippen LogP contribution in [0.25, 0.3) is 0 Å². The predicted octanol–water partition coefficient (Wildman–Crippen LogP) is 1.43. The molecule has 2 amide bonds. The SMILES string of the molecule is CC(C)(C)OC(=O)N[C@@H]1C[C@@H](O)CN(C(=O)c2cc(F)ccc2F)C[C@H]1O. The van der Waals surface area contributed by atoms with E-state index in [1.165, 1.54) is 0 Å². The third kappa shape index (κ3) is 5.86. The van der Waals surface area contributed by atoms with Gasteiger partial charge in [-0.05, 0) is 45.4 Å². The first-order valence-corrected chi connectivity index (χ1v) is 8.56. The molecule has 9 heteroatoms. The molecule has 7 nitrogen and oxygen atoms in total. The second-order valence-electron chi connectivity index (χ2n) is 7.54. The minimum absolute atomic E-state index is 0.0319. The maximum Gasteiger partial charge on any atom is 0.407 e. The monoisotopic (exact) mass is 386 g/mol. The number of β-amino-alcohol motifs (C(OH)–C–C–N with tert-alkyl or cyclic N) is 2. The van der Waals surface area contributed by atoms with Gasteiger partial charge in [-0.25, -0.2) is 13.6 Å². The number of halogens is 2. The van der Waals surface area contributed by atoms with Gasteiger partial charge >= 0.3 is 6.09 Å². The summed E-state index contributed by atoms with van der Waals surface area (Å²) < 4.78 is 32.3. The van der Waals surface area contributed by atoms with Crippen molar-refractivity contribution in [2.24, 2.45) is 0 Å². The summed E-state index contributed by atoms with van der Waals surface area (Å²) in [5.41, 5.74) is -1.23. The summed E-state index contributed by atoms with van der Waals surface area (Å²) in [6, 6.07) is 1.61. The number of benzene rings is 1. The molecule has 1 aromatic carbocycles. The summed E-state index contributed by atoms with van der Waals surface area (Å²) in [7, 11) is 0. The number of carbonyl (C=O) groups is 2. The number of rotatable bonds is 2. The van der Waals surface area contributed by atoms with Crippen molar-refractivity contribution in [1.29, 1.82) is 0 Å². The Kier molecular flexibility index (Phi) is 6.38. The van der Waals surface area contributed by atoms with Crippen LogP contribution in [0.2, 0.25) is 0 Å². The van der Waals surface area contributed by atoms with Gasteiger partial charge in [0, 0.05) is 13.1 Å². The van der Waals surface area contributed by atoms with Crippen LogP contribution < -0.4 is 5.32 Å². The number of aliphatic hydroxyl groups excluding tert-OH is 2. The number of hydrogen-bond donors (Lipinski definition) is 3. The Balaban J connectivity index is 2.12. The van der Waals surface area contributed by atoms with Crippen LogP contribution in [0.15, 0.2) is 18.2 Å². The molecule has 3 N–H and O–H groups in total.